The average molecular weight is 356 g/mol. The summed E-state index contributed by atoms with van der Waals surface area (Å²) in [4.78, 5) is 2.02. The van der Waals surface area contributed by atoms with Gasteiger partial charge in [0.25, 0.3) is 0 Å². The molecule has 2 aromatic carbocycles. The molecule has 1 atom stereocenters. The molecule has 5 heteroatoms. The van der Waals surface area contributed by atoms with Crippen LogP contribution in [0.15, 0.2) is 60.8 Å². The third-order valence-electron chi connectivity index (χ3n) is 4.96. The molecular weight excluding hydrogens is 337 g/mol. The molecule has 2 nitrogen and oxygen atoms in total. The average Bonchev–Trinajstić information content (AvgIpc) is 3.02. The Morgan fingerprint density at radius 3 is 2.50 bits per heavy atom. The molecule has 3 aromatic rings. The zero-order valence-electron chi connectivity index (χ0n) is 14.2. The molecule has 1 aromatic heterocycles. The molecule has 1 aliphatic heterocycles. The molecule has 0 saturated carbocycles. The van der Waals surface area contributed by atoms with Gasteiger partial charge in [0.1, 0.15) is 5.82 Å². The molecule has 1 aliphatic rings. The van der Waals surface area contributed by atoms with E-state index in [0.29, 0.717) is 12.1 Å². The number of hydrogen-bond donors (Lipinski definition) is 0. The standard InChI is InChI=1S/C21H19F3N2/c22-17-8-2-1-7-16(17)21-19-10-4-11-25(19)12-5-13-26(21)14-15-6-3-9-18(23)20(15)24/h1-4,6-11,21H,5,12-14H2/t21-/m0/s1. The van der Waals surface area contributed by atoms with Crippen LogP contribution in [0.2, 0.25) is 0 Å². The Morgan fingerprint density at radius 1 is 0.846 bits per heavy atom. The maximum atomic E-state index is 14.6. The lowest BCUT2D eigenvalue weighted by Crippen LogP contribution is -2.30. The minimum absolute atomic E-state index is 0.216. The van der Waals surface area contributed by atoms with Crippen LogP contribution in [0, 0.1) is 17.5 Å². The molecule has 4 rings (SSSR count). The van der Waals surface area contributed by atoms with E-state index in [4.69, 9.17) is 0 Å². The van der Waals surface area contributed by atoms with Crippen LogP contribution < -0.4 is 0 Å². The molecule has 0 fully saturated rings. The number of benzene rings is 2. The lowest BCUT2D eigenvalue weighted by molar-refractivity contribution is 0.213. The molecule has 26 heavy (non-hydrogen) atoms. The molecule has 134 valence electrons. The Bertz CT molecular complexity index is 919. The fourth-order valence-corrected chi connectivity index (χ4v) is 3.75. The number of nitrogens with zero attached hydrogens (tertiary/aromatic N) is 2. The molecule has 0 amide bonds. The van der Waals surface area contributed by atoms with E-state index >= 15 is 0 Å². The third-order valence-corrected chi connectivity index (χ3v) is 4.96. The quantitative estimate of drug-likeness (QED) is 0.648. The molecule has 0 spiro atoms. The van der Waals surface area contributed by atoms with E-state index in [2.05, 4.69) is 4.57 Å². The first-order chi connectivity index (χ1) is 12.6. The van der Waals surface area contributed by atoms with Gasteiger partial charge in [-0.05, 0) is 30.7 Å². The van der Waals surface area contributed by atoms with Crippen molar-refractivity contribution in [3.8, 4) is 0 Å². The number of aromatic nitrogens is 1. The zero-order chi connectivity index (χ0) is 18.1. The van der Waals surface area contributed by atoms with Gasteiger partial charge in [-0.25, -0.2) is 13.2 Å². The number of halogens is 3. The van der Waals surface area contributed by atoms with E-state index in [1.807, 2.05) is 23.2 Å². The van der Waals surface area contributed by atoms with E-state index in [1.165, 1.54) is 12.1 Å². The van der Waals surface area contributed by atoms with Crippen molar-refractivity contribution in [2.75, 3.05) is 6.54 Å². The van der Waals surface area contributed by atoms with Gasteiger partial charge in [-0.3, -0.25) is 4.90 Å². The Morgan fingerprint density at radius 2 is 1.65 bits per heavy atom. The lowest BCUT2D eigenvalue weighted by Gasteiger charge is -2.31. The summed E-state index contributed by atoms with van der Waals surface area (Å²) >= 11 is 0. The minimum atomic E-state index is -0.858. The van der Waals surface area contributed by atoms with Crippen LogP contribution in [0.4, 0.5) is 13.2 Å². The largest absolute Gasteiger partial charge is 0.350 e. The van der Waals surface area contributed by atoms with Gasteiger partial charge in [0.05, 0.1) is 6.04 Å². The first kappa shape index (κ1) is 16.9. The zero-order valence-corrected chi connectivity index (χ0v) is 14.2. The summed E-state index contributed by atoms with van der Waals surface area (Å²) in [7, 11) is 0. The molecule has 0 aliphatic carbocycles. The molecule has 0 saturated heterocycles. The van der Waals surface area contributed by atoms with Crippen LogP contribution in [0.25, 0.3) is 0 Å². The van der Waals surface area contributed by atoms with Crippen LogP contribution in [-0.4, -0.2) is 16.0 Å². The first-order valence-corrected chi connectivity index (χ1v) is 8.71. The van der Waals surface area contributed by atoms with Crippen molar-refractivity contribution in [2.45, 2.75) is 25.6 Å². The van der Waals surface area contributed by atoms with Crippen molar-refractivity contribution in [1.29, 1.82) is 0 Å². The predicted molar refractivity (Wildman–Crippen MR) is 94.1 cm³/mol. The van der Waals surface area contributed by atoms with Gasteiger partial charge in [-0.2, -0.15) is 0 Å². The van der Waals surface area contributed by atoms with Gasteiger partial charge in [-0.15, -0.1) is 0 Å². The highest BCUT2D eigenvalue weighted by Gasteiger charge is 2.30. The van der Waals surface area contributed by atoms with E-state index in [1.54, 1.807) is 24.3 Å². The summed E-state index contributed by atoms with van der Waals surface area (Å²) in [5.74, 6) is -1.99. The summed E-state index contributed by atoms with van der Waals surface area (Å²) < 4.78 is 44.6. The molecular formula is C21H19F3N2. The van der Waals surface area contributed by atoms with Crippen molar-refractivity contribution in [3.63, 3.8) is 0 Å². The van der Waals surface area contributed by atoms with E-state index < -0.39 is 11.6 Å². The van der Waals surface area contributed by atoms with E-state index in [0.717, 1.165) is 24.7 Å². The van der Waals surface area contributed by atoms with Gasteiger partial charge < -0.3 is 4.57 Å². The fourth-order valence-electron chi connectivity index (χ4n) is 3.75. The summed E-state index contributed by atoms with van der Waals surface area (Å²) in [6.45, 7) is 1.69. The predicted octanol–water partition coefficient (Wildman–Crippen LogP) is 4.90. The summed E-state index contributed by atoms with van der Waals surface area (Å²) in [6, 6.07) is 14.4. The third kappa shape index (κ3) is 3.03. The number of hydrogen-bond acceptors (Lipinski definition) is 1. The van der Waals surface area contributed by atoms with E-state index in [-0.39, 0.29) is 24.0 Å². The Balaban J connectivity index is 1.79. The number of rotatable bonds is 3. The van der Waals surface area contributed by atoms with Gasteiger partial charge >= 0.3 is 0 Å². The minimum Gasteiger partial charge on any atom is -0.350 e. The molecule has 0 N–H and O–H groups in total. The van der Waals surface area contributed by atoms with Gasteiger partial charge in [0.2, 0.25) is 0 Å². The van der Waals surface area contributed by atoms with Crippen molar-refractivity contribution in [2.24, 2.45) is 0 Å². The molecule has 0 radical (unpaired) electrons. The topological polar surface area (TPSA) is 8.17 Å². The number of aryl methyl sites for hydroxylation is 1. The second-order valence-corrected chi connectivity index (χ2v) is 6.59. The highest BCUT2D eigenvalue weighted by Crippen LogP contribution is 2.34. The summed E-state index contributed by atoms with van der Waals surface area (Å²) in [6.07, 6.45) is 2.83. The second kappa shape index (κ2) is 7.00. The SMILES string of the molecule is Fc1ccccc1[C@H]1c2cccn2CCCN1Cc1cccc(F)c1F. The molecule has 0 bridgehead atoms. The Kier molecular flexibility index (Phi) is 4.55. The lowest BCUT2D eigenvalue weighted by atomic mass is 10.0. The normalized spacial score (nSPS) is 17.7. The maximum absolute atomic E-state index is 14.6. The number of fused-ring (bicyclic) bond motifs is 1. The van der Waals surface area contributed by atoms with Crippen molar-refractivity contribution in [3.05, 3.63) is 95.1 Å². The van der Waals surface area contributed by atoms with Crippen molar-refractivity contribution < 1.29 is 13.2 Å². The Labute approximate surface area is 150 Å². The summed E-state index contributed by atoms with van der Waals surface area (Å²) in [5, 5.41) is 0. The highest BCUT2D eigenvalue weighted by atomic mass is 19.2. The fraction of sp³-hybridized carbons (Fsp3) is 0.238. The van der Waals surface area contributed by atoms with Crippen molar-refractivity contribution >= 4 is 0 Å². The van der Waals surface area contributed by atoms with Crippen LogP contribution in [0.1, 0.15) is 29.3 Å². The summed E-state index contributed by atoms with van der Waals surface area (Å²) in [5.41, 5.74) is 1.79. The maximum Gasteiger partial charge on any atom is 0.163 e. The van der Waals surface area contributed by atoms with Crippen LogP contribution >= 0.6 is 0 Å². The monoisotopic (exact) mass is 356 g/mol. The second-order valence-electron chi connectivity index (χ2n) is 6.59. The smallest absolute Gasteiger partial charge is 0.163 e. The Hall–Kier alpha value is -2.53. The highest BCUT2D eigenvalue weighted by molar-refractivity contribution is 5.31. The van der Waals surface area contributed by atoms with Crippen LogP contribution in [0.3, 0.4) is 0 Å². The van der Waals surface area contributed by atoms with Crippen LogP contribution in [-0.2, 0) is 13.1 Å². The molecule has 2 heterocycles. The van der Waals surface area contributed by atoms with Gasteiger partial charge in [0, 0.05) is 42.7 Å². The van der Waals surface area contributed by atoms with Gasteiger partial charge in [0.15, 0.2) is 11.6 Å². The van der Waals surface area contributed by atoms with E-state index in [9.17, 15) is 13.2 Å². The molecule has 0 unspecified atom stereocenters. The van der Waals surface area contributed by atoms with Crippen LogP contribution in [0.5, 0.6) is 0 Å². The van der Waals surface area contributed by atoms with Gasteiger partial charge in [-0.1, -0.05) is 30.3 Å². The first-order valence-electron chi connectivity index (χ1n) is 8.71. The van der Waals surface area contributed by atoms with Crippen molar-refractivity contribution in [1.82, 2.24) is 9.47 Å².